The van der Waals surface area contributed by atoms with Crippen LogP contribution in [0.15, 0.2) is 0 Å². The Kier molecular flexibility index (Phi) is 3.31. The fraction of sp³-hybridized carbons (Fsp3) is 0.917. The van der Waals surface area contributed by atoms with E-state index < -0.39 is 16.1 Å². The largest absolute Gasteiger partial charge is 0.363 e. The molecule has 0 aromatic carbocycles. The lowest BCUT2D eigenvalue weighted by molar-refractivity contribution is -0.132. The lowest BCUT2D eigenvalue weighted by Gasteiger charge is -2.32. The van der Waals surface area contributed by atoms with E-state index in [0.717, 1.165) is 25.7 Å². The minimum Gasteiger partial charge on any atom is -0.363 e. The summed E-state index contributed by atoms with van der Waals surface area (Å²) in [6, 6.07) is 0.339. The molecule has 0 spiro atoms. The van der Waals surface area contributed by atoms with E-state index in [4.69, 9.17) is 4.74 Å². The van der Waals surface area contributed by atoms with Crippen LogP contribution in [0.3, 0.4) is 0 Å². The second-order valence-electron chi connectivity index (χ2n) is 5.85. The van der Waals surface area contributed by atoms with Crippen molar-refractivity contribution in [3.8, 4) is 0 Å². The highest BCUT2D eigenvalue weighted by Gasteiger charge is 2.44. The molecule has 6 nitrogen and oxygen atoms in total. The monoisotopic (exact) mass is 288 g/mol. The van der Waals surface area contributed by atoms with Gasteiger partial charge in [-0.15, -0.1) is 0 Å². The summed E-state index contributed by atoms with van der Waals surface area (Å²) in [6.45, 7) is 0.928. The Morgan fingerprint density at radius 3 is 2.68 bits per heavy atom. The topological polar surface area (TPSA) is 75.7 Å². The maximum absolute atomic E-state index is 11.9. The molecule has 1 amide bonds. The molecule has 0 aromatic rings. The van der Waals surface area contributed by atoms with Crippen LogP contribution < -0.4 is 5.32 Å². The van der Waals surface area contributed by atoms with Crippen LogP contribution in [-0.4, -0.2) is 56.2 Å². The molecule has 3 fully saturated rings. The SMILES string of the molecule is CS(=O)(=O)N1CC[C@H]2C[C@H](C(=O)NC3CC3)O[C@H]2C1. The van der Waals surface area contributed by atoms with Gasteiger partial charge in [0.2, 0.25) is 15.9 Å². The summed E-state index contributed by atoms with van der Waals surface area (Å²) in [5.41, 5.74) is 0. The first-order valence-corrected chi connectivity index (χ1v) is 8.69. The lowest BCUT2D eigenvalue weighted by atomic mass is 9.93. The van der Waals surface area contributed by atoms with E-state index >= 15 is 0 Å². The van der Waals surface area contributed by atoms with Gasteiger partial charge in [-0.25, -0.2) is 8.42 Å². The van der Waals surface area contributed by atoms with Crippen LogP contribution in [0.1, 0.15) is 25.7 Å². The van der Waals surface area contributed by atoms with Gasteiger partial charge in [0.15, 0.2) is 0 Å². The molecule has 108 valence electrons. The number of carbonyl (C=O) groups is 1. The van der Waals surface area contributed by atoms with Gasteiger partial charge in [-0.05, 0) is 31.6 Å². The summed E-state index contributed by atoms with van der Waals surface area (Å²) < 4.78 is 30.3. The van der Waals surface area contributed by atoms with Crippen molar-refractivity contribution < 1.29 is 17.9 Å². The highest BCUT2D eigenvalue weighted by atomic mass is 32.2. The normalized spacial score (nSPS) is 35.9. The summed E-state index contributed by atoms with van der Waals surface area (Å²) in [4.78, 5) is 11.9. The maximum Gasteiger partial charge on any atom is 0.249 e. The predicted octanol–water partition coefficient (Wildman–Crippen LogP) is -0.296. The molecule has 3 rings (SSSR count). The van der Waals surface area contributed by atoms with E-state index in [1.54, 1.807) is 0 Å². The molecule has 3 atom stereocenters. The van der Waals surface area contributed by atoms with E-state index in [9.17, 15) is 13.2 Å². The number of rotatable bonds is 3. The third kappa shape index (κ3) is 2.93. The number of fused-ring (bicyclic) bond motifs is 1. The van der Waals surface area contributed by atoms with Crippen LogP contribution in [0.25, 0.3) is 0 Å². The third-order valence-electron chi connectivity index (χ3n) is 4.20. The molecule has 2 heterocycles. The molecule has 0 aromatic heterocycles. The Hall–Kier alpha value is -0.660. The van der Waals surface area contributed by atoms with Crippen LogP contribution in [0.2, 0.25) is 0 Å². The van der Waals surface area contributed by atoms with Crippen molar-refractivity contribution in [2.24, 2.45) is 5.92 Å². The van der Waals surface area contributed by atoms with Crippen LogP contribution in [0, 0.1) is 5.92 Å². The van der Waals surface area contributed by atoms with Gasteiger partial charge in [0, 0.05) is 19.1 Å². The average molecular weight is 288 g/mol. The Bertz CT molecular complexity index is 474. The molecule has 0 radical (unpaired) electrons. The van der Waals surface area contributed by atoms with E-state index in [1.807, 2.05) is 0 Å². The number of ether oxygens (including phenoxy) is 1. The first-order chi connectivity index (χ1) is 8.93. The van der Waals surface area contributed by atoms with E-state index in [-0.39, 0.29) is 12.0 Å². The van der Waals surface area contributed by atoms with Crippen LogP contribution >= 0.6 is 0 Å². The minimum absolute atomic E-state index is 0.0252. The number of nitrogens with zero attached hydrogens (tertiary/aromatic N) is 1. The number of piperidine rings is 1. The number of carbonyl (C=O) groups excluding carboxylic acids is 1. The van der Waals surface area contributed by atoms with E-state index in [1.165, 1.54) is 10.6 Å². The fourth-order valence-electron chi connectivity index (χ4n) is 2.89. The molecule has 19 heavy (non-hydrogen) atoms. The van der Waals surface area contributed by atoms with Gasteiger partial charge in [0.05, 0.1) is 12.4 Å². The molecular weight excluding hydrogens is 268 g/mol. The number of sulfonamides is 1. The molecule has 1 N–H and O–H groups in total. The summed E-state index contributed by atoms with van der Waals surface area (Å²) in [7, 11) is -3.16. The van der Waals surface area contributed by atoms with Crippen molar-refractivity contribution in [2.45, 2.75) is 43.9 Å². The second kappa shape index (κ2) is 4.71. The van der Waals surface area contributed by atoms with E-state index in [0.29, 0.717) is 25.0 Å². The smallest absolute Gasteiger partial charge is 0.249 e. The molecule has 7 heteroatoms. The first kappa shape index (κ1) is 13.3. The predicted molar refractivity (Wildman–Crippen MR) is 69.0 cm³/mol. The summed E-state index contributed by atoms with van der Waals surface area (Å²) in [6.07, 6.45) is 4.33. The van der Waals surface area contributed by atoms with Gasteiger partial charge in [-0.2, -0.15) is 4.31 Å². The van der Waals surface area contributed by atoms with Gasteiger partial charge in [-0.1, -0.05) is 0 Å². The van der Waals surface area contributed by atoms with Gasteiger partial charge < -0.3 is 10.1 Å². The Balaban J connectivity index is 1.59. The minimum atomic E-state index is -3.16. The maximum atomic E-state index is 11.9. The fourth-order valence-corrected chi connectivity index (χ4v) is 3.75. The van der Waals surface area contributed by atoms with Gasteiger partial charge >= 0.3 is 0 Å². The Morgan fingerprint density at radius 2 is 2.05 bits per heavy atom. The van der Waals surface area contributed by atoms with Crippen LogP contribution in [0.5, 0.6) is 0 Å². The van der Waals surface area contributed by atoms with Crippen molar-refractivity contribution in [3.05, 3.63) is 0 Å². The summed E-state index contributed by atoms with van der Waals surface area (Å²) in [5, 5.41) is 2.95. The number of hydrogen-bond acceptors (Lipinski definition) is 4. The molecule has 0 unspecified atom stereocenters. The molecule has 0 bridgehead atoms. The zero-order chi connectivity index (χ0) is 13.6. The molecule has 1 saturated carbocycles. The highest BCUT2D eigenvalue weighted by molar-refractivity contribution is 7.88. The summed E-state index contributed by atoms with van der Waals surface area (Å²) >= 11 is 0. The van der Waals surface area contributed by atoms with Crippen molar-refractivity contribution in [2.75, 3.05) is 19.3 Å². The standard InChI is InChI=1S/C12H20N2O4S/c1-19(16,17)14-5-4-8-6-10(18-11(8)7-14)12(15)13-9-2-3-9/h8-11H,2-7H2,1H3,(H,13,15)/t8-,10+,11-/m0/s1. The highest BCUT2D eigenvalue weighted by Crippen LogP contribution is 2.34. The molecular formula is C12H20N2O4S. The van der Waals surface area contributed by atoms with Gasteiger partial charge in [0.1, 0.15) is 6.10 Å². The number of hydrogen-bond donors (Lipinski definition) is 1. The quantitative estimate of drug-likeness (QED) is 0.774. The average Bonchev–Trinajstić information content (AvgIpc) is 3.03. The molecule has 2 aliphatic heterocycles. The third-order valence-corrected chi connectivity index (χ3v) is 5.47. The first-order valence-electron chi connectivity index (χ1n) is 6.84. The van der Waals surface area contributed by atoms with E-state index in [2.05, 4.69) is 5.32 Å². The van der Waals surface area contributed by atoms with Crippen molar-refractivity contribution in [3.63, 3.8) is 0 Å². The molecule has 2 saturated heterocycles. The van der Waals surface area contributed by atoms with Crippen molar-refractivity contribution in [1.82, 2.24) is 9.62 Å². The second-order valence-corrected chi connectivity index (χ2v) is 7.83. The van der Waals surface area contributed by atoms with Crippen LogP contribution in [0.4, 0.5) is 0 Å². The van der Waals surface area contributed by atoms with Gasteiger partial charge in [-0.3, -0.25) is 4.79 Å². The van der Waals surface area contributed by atoms with Crippen molar-refractivity contribution >= 4 is 15.9 Å². The lowest BCUT2D eigenvalue weighted by Crippen LogP contribution is -2.45. The summed E-state index contributed by atoms with van der Waals surface area (Å²) in [5.74, 6) is 0.288. The van der Waals surface area contributed by atoms with Crippen molar-refractivity contribution in [1.29, 1.82) is 0 Å². The number of nitrogens with one attached hydrogen (secondary N) is 1. The van der Waals surface area contributed by atoms with Gasteiger partial charge in [0.25, 0.3) is 0 Å². The number of amides is 1. The Morgan fingerprint density at radius 1 is 1.32 bits per heavy atom. The zero-order valence-corrected chi connectivity index (χ0v) is 11.9. The Labute approximate surface area is 113 Å². The molecule has 3 aliphatic rings. The van der Waals surface area contributed by atoms with Crippen LogP contribution in [-0.2, 0) is 19.6 Å². The molecule has 1 aliphatic carbocycles. The zero-order valence-electron chi connectivity index (χ0n) is 11.0.